The molecule has 1 unspecified atom stereocenters. The molecule has 1 fully saturated rings. The lowest BCUT2D eigenvalue weighted by Crippen LogP contribution is -2.44. The summed E-state index contributed by atoms with van der Waals surface area (Å²) in [6.45, 7) is 4.67. The second-order valence-corrected chi connectivity index (χ2v) is 9.30. The van der Waals surface area contributed by atoms with Gasteiger partial charge in [-0.3, -0.25) is 14.7 Å². The maximum absolute atomic E-state index is 14.1. The third-order valence-corrected chi connectivity index (χ3v) is 6.39. The fraction of sp³-hybridized carbons (Fsp3) is 0.407. The number of hydrogen-bond donors (Lipinski definition) is 0. The van der Waals surface area contributed by atoms with E-state index in [9.17, 15) is 9.18 Å². The average molecular weight is 449 g/mol. The Morgan fingerprint density at radius 3 is 2.79 bits per heavy atom. The smallest absolute Gasteiger partial charge is 0.253 e. The molecule has 0 saturated carbocycles. The predicted octanol–water partition coefficient (Wildman–Crippen LogP) is 4.29. The van der Waals surface area contributed by atoms with Crippen LogP contribution in [0.25, 0.3) is 10.9 Å². The van der Waals surface area contributed by atoms with E-state index in [1.54, 1.807) is 12.3 Å². The summed E-state index contributed by atoms with van der Waals surface area (Å²) in [4.78, 5) is 24.3. The van der Waals surface area contributed by atoms with Crippen LogP contribution in [0.1, 0.15) is 28.8 Å². The number of aromatic nitrogens is 1. The van der Waals surface area contributed by atoms with Gasteiger partial charge in [0.05, 0.1) is 5.52 Å². The number of amides is 1. The van der Waals surface area contributed by atoms with Crippen LogP contribution in [-0.4, -0.2) is 72.4 Å². The zero-order valence-electron chi connectivity index (χ0n) is 19.6. The van der Waals surface area contributed by atoms with Crippen molar-refractivity contribution < 1.29 is 9.18 Å². The van der Waals surface area contributed by atoms with Gasteiger partial charge in [0.1, 0.15) is 5.82 Å². The number of likely N-dealkylation sites (N-methyl/N-ethyl adjacent to an activating group) is 1. The summed E-state index contributed by atoms with van der Waals surface area (Å²) in [7, 11) is 4.06. The number of piperidine rings is 1. The van der Waals surface area contributed by atoms with Crippen molar-refractivity contribution in [1.29, 1.82) is 0 Å². The SMILES string of the molecule is CN(C)CCN(CC1CCCN(Cc2ccccc2F)C1)C(=O)c1ccc2ncccc2c1. The fourth-order valence-electron chi connectivity index (χ4n) is 4.61. The molecule has 3 aromatic rings. The predicted molar refractivity (Wildman–Crippen MR) is 131 cm³/mol. The molecule has 174 valence electrons. The highest BCUT2D eigenvalue weighted by atomic mass is 19.1. The Bertz CT molecular complexity index is 1090. The third-order valence-electron chi connectivity index (χ3n) is 6.39. The maximum Gasteiger partial charge on any atom is 0.253 e. The minimum atomic E-state index is -0.145. The Labute approximate surface area is 195 Å². The van der Waals surface area contributed by atoms with Crippen molar-refractivity contribution in [2.45, 2.75) is 19.4 Å². The second-order valence-electron chi connectivity index (χ2n) is 9.30. The van der Waals surface area contributed by atoms with E-state index in [1.807, 2.05) is 61.5 Å². The van der Waals surface area contributed by atoms with E-state index in [-0.39, 0.29) is 11.7 Å². The van der Waals surface area contributed by atoms with E-state index in [0.717, 1.165) is 48.9 Å². The van der Waals surface area contributed by atoms with Gasteiger partial charge in [-0.1, -0.05) is 24.3 Å². The normalized spacial score (nSPS) is 16.9. The first-order valence-corrected chi connectivity index (χ1v) is 11.7. The Balaban J connectivity index is 1.46. The summed E-state index contributed by atoms with van der Waals surface area (Å²) in [6.07, 6.45) is 3.92. The van der Waals surface area contributed by atoms with Crippen molar-refractivity contribution in [3.8, 4) is 0 Å². The Morgan fingerprint density at radius 1 is 1.12 bits per heavy atom. The minimum absolute atomic E-state index is 0.0637. The van der Waals surface area contributed by atoms with Gasteiger partial charge < -0.3 is 9.80 Å². The molecular formula is C27H33FN4O. The summed E-state index contributed by atoms with van der Waals surface area (Å²) in [5, 5.41) is 0.977. The molecule has 0 spiro atoms. The standard InChI is InChI=1S/C27H33FN4O/c1-30(2)15-16-32(27(33)23-11-12-26-22(17-23)9-5-13-29-26)19-21-7-6-14-31(18-21)20-24-8-3-4-10-25(24)28/h3-5,8-13,17,21H,6-7,14-16,18-20H2,1-2H3. The van der Waals surface area contributed by atoms with E-state index < -0.39 is 0 Å². The lowest BCUT2D eigenvalue weighted by Gasteiger charge is -2.36. The van der Waals surface area contributed by atoms with Crippen LogP contribution in [0.4, 0.5) is 4.39 Å². The molecule has 1 aromatic heterocycles. The van der Waals surface area contributed by atoms with Crippen LogP contribution in [0.5, 0.6) is 0 Å². The van der Waals surface area contributed by atoms with Crippen LogP contribution < -0.4 is 0 Å². The first-order chi connectivity index (χ1) is 16.0. The topological polar surface area (TPSA) is 39.7 Å². The van der Waals surface area contributed by atoms with E-state index in [1.165, 1.54) is 6.07 Å². The van der Waals surface area contributed by atoms with Crippen molar-refractivity contribution in [1.82, 2.24) is 19.7 Å². The van der Waals surface area contributed by atoms with Gasteiger partial charge in [-0.15, -0.1) is 0 Å². The molecule has 4 rings (SSSR count). The molecule has 0 aliphatic carbocycles. The number of halogens is 1. The van der Waals surface area contributed by atoms with Crippen LogP contribution in [0.2, 0.25) is 0 Å². The number of pyridine rings is 1. The third kappa shape index (κ3) is 6.15. The quantitative estimate of drug-likeness (QED) is 0.515. The molecule has 1 saturated heterocycles. The highest BCUT2D eigenvalue weighted by Crippen LogP contribution is 2.22. The van der Waals surface area contributed by atoms with Crippen LogP contribution in [0.15, 0.2) is 60.8 Å². The zero-order valence-corrected chi connectivity index (χ0v) is 19.6. The molecule has 0 bridgehead atoms. The Hall–Kier alpha value is -2.83. The minimum Gasteiger partial charge on any atom is -0.337 e. The van der Waals surface area contributed by atoms with Gasteiger partial charge in [0.15, 0.2) is 0 Å². The summed E-state index contributed by atoms with van der Waals surface area (Å²) in [5.41, 5.74) is 2.33. The molecule has 1 aliphatic heterocycles. The molecule has 0 radical (unpaired) electrons. The molecule has 1 atom stereocenters. The van der Waals surface area contributed by atoms with Crippen LogP contribution in [0, 0.1) is 11.7 Å². The number of likely N-dealkylation sites (tertiary alicyclic amines) is 1. The van der Waals surface area contributed by atoms with Crippen molar-refractivity contribution in [2.24, 2.45) is 5.92 Å². The first-order valence-electron chi connectivity index (χ1n) is 11.7. The van der Waals surface area contributed by atoms with E-state index in [4.69, 9.17) is 0 Å². The van der Waals surface area contributed by atoms with Crippen LogP contribution in [0.3, 0.4) is 0 Å². The van der Waals surface area contributed by atoms with Crippen LogP contribution >= 0.6 is 0 Å². The Kier molecular flexibility index (Phi) is 7.68. The molecule has 5 nitrogen and oxygen atoms in total. The maximum atomic E-state index is 14.1. The van der Waals surface area contributed by atoms with Gasteiger partial charge in [0, 0.05) is 55.4 Å². The molecule has 33 heavy (non-hydrogen) atoms. The summed E-state index contributed by atoms with van der Waals surface area (Å²) in [6, 6.07) is 16.6. The van der Waals surface area contributed by atoms with Crippen molar-refractivity contribution >= 4 is 16.8 Å². The number of nitrogens with zero attached hydrogens (tertiary/aromatic N) is 4. The van der Waals surface area contributed by atoms with E-state index in [0.29, 0.717) is 31.1 Å². The van der Waals surface area contributed by atoms with E-state index >= 15 is 0 Å². The molecule has 2 aromatic carbocycles. The van der Waals surface area contributed by atoms with Crippen molar-refractivity contribution in [3.05, 3.63) is 77.7 Å². The summed E-state index contributed by atoms with van der Waals surface area (Å²) >= 11 is 0. The lowest BCUT2D eigenvalue weighted by atomic mass is 9.96. The summed E-state index contributed by atoms with van der Waals surface area (Å²) < 4.78 is 14.1. The lowest BCUT2D eigenvalue weighted by molar-refractivity contribution is 0.0660. The Morgan fingerprint density at radius 2 is 1.97 bits per heavy atom. The molecule has 1 amide bonds. The molecule has 2 heterocycles. The second kappa shape index (κ2) is 10.9. The molecular weight excluding hydrogens is 415 g/mol. The van der Waals surface area contributed by atoms with Gasteiger partial charge >= 0.3 is 0 Å². The number of benzene rings is 2. The van der Waals surface area contributed by atoms with Gasteiger partial charge in [-0.05, 0) is 69.7 Å². The summed E-state index contributed by atoms with van der Waals surface area (Å²) in [5.74, 6) is 0.292. The monoisotopic (exact) mass is 448 g/mol. The largest absolute Gasteiger partial charge is 0.337 e. The number of rotatable bonds is 8. The number of carbonyl (C=O) groups is 1. The number of fused-ring (bicyclic) bond motifs is 1. The van der Waals surface area contributed by atoms with E-state index in [2.05, 4.69) is 14.8 Å². The fourth-order valence-corrected chi connectivity index (χ4v) is 4.61. The van der Waals surface area contributed by atoms with Crippen LogP contribution in [-0.2, 0) is 6.54 Å². The zero-order chi connectivity index (χ0) is 23.2. The average Bonchev–Trinajstić information content (AvgIpc) is 2.82. The number of carbonyl (C=O) groups excluding carboxylic acids is 1. The molecule has 6 heteroatoms. The van der Waals surface area contributed by atoms with Crippen molar-refractivity contribution in [3.63, 3.8) is 0 Å². The molecule has 0 N–H and O–H groups in total. The molecule has 1 aliphatic rings. The van der Waals surface area contributed by atoms with Gasteiger partial charge in [0.2, 0.25) is 0 Å². The van der Waals surface area contributed by atoms with Gasteiger partial charge in [-0.2, -0.15) is 0 Å². The van der Waals surface area contributed by atoms with Crippen molar-refractivity contribution in [2.75, 3.05) is 46.8 Å². The highest BCUT2D eigenvalue weighted by Gasteiger charge is 2.25. The number of hydrogen-bond acceptors (Lipinski definition) is 4. The first kappa shape index (κ1) is 23.3. The highest BCUT2D eigenvalue weighted by molar-refractivity contribution is 5.97. The van der Waals surface area contributed by atoms with Gasteiger partial charge in [-0.25, -0.2) is 4.39 Å². The van der Waals surface area contributed by atoms with Gasteiger partial charge in [0.25, 0.3) is 5.91 Å².